The van der Waals surface area contributed by atoms with E-state index in [-0.39, 0.29) is 18.5 Å². The normalized spacial score (nSPS) is 12.7. The van der Waals surface area contributed by atoms with Gasteiger partial charge in [-0.2, -0.15) is 0 Å². The molecule has 0 aromatic heterocycles. The summed E-state index contributed by atoms with van der Waals surface area (Å²) >= 11 is 0. The first-order chi connectivity index (χ1) is 29.0. The van der Waals surface area contributed by atoms with Crippen molar-refractivity contribution in [3.8, 4) is 0 Å². The monoisotopic (exact) mass is 834 g/mol. The number of allylic oxidation sites excluding steroid dienone is 1. The van der Waals surface area contributed by atoms with Crippen LogP contribution >= 0.6 is 0 Å². The quantitative estimate of drug-likeness (QED) is 0.0322. The van der Waals surface area contributed by atoms with Crippen molar-refractivity contribution < 1.29 is 24.5 Å². The molecule has 59 heavy (non-hydrogen) atoms. The van der Waals surface area contributed by atoms with E-state index in [9.17, 15) is 19.8 Å². The first-order valence-corrected chi connectivity index (χ1v) is 26.5. The van der Waals surface area contributed by atoms with Crippen molar-refractivity contribution in [2.24, 2.45) is 0 Å². The van der Waals surface area contributed by atoms with Gasteiger partial charge >= 0.3 is 5.97 Å². The highest BCUT2D eigenvalue weighted by Gasteiger charge is 2.18. The molecule has 0 bridgehead atoms. The van der Waals surface area contributed by atoms with E-state index >= 15 is 0 Å². The molecule has 1 amide bonds. The maximum absolute atomic E-state index is 12.4. The Morgan fingerprint density at radius 3 is 1.15 bits per heavy atom. The van der Waals surface area contributed by atoms with E-state index in [2.05, 4.69) is 19.2 Å². The Morgan fingerprint density at radius 2 is 0.780 bits per heavy atom. The molecule has 6 nitrogen and oxygen atoms in total. The van der Waals surface area contributed by atoms with Crippen LogP contribution in [-0.2, 0) is 14.3 Å². The van der Waals surface area contributed by atoms with Gasteiger partial charge in [0.15, 0.2) is 0 Å². The highest BCUT2D eigenvalue weighted by molar-refractivity contribution is 5.76. The second kappa shape index (κ2) is 49.3. The standard InChI is InChI=1S/C53H103NO5/c1-3-5-7-9-11-13-15-17-18-19-20-21-22-23-25-26-29-33-37-41-45-51(56)50(49-55)54-52(57)46-42-38-34-30-28-32-36-40-44-48-59-53(58)47-43-39-35-31-27-24-16-14-12-10-8-6-4-2/h41,45,50-51,55-56H,3-40,42-44,46-49H2,1-2H3,(H,54,57)/b45-41+. The maximum atomic E-state index is 12.4. The maximum Gasteiger partial charge on any atom is 0.305 e. The summed E-state index contributed by atoms with van der Waals surface area (Å²) in [4.78, 5) is 24.5. The summed E-state index contributed by atoms with van der Waals surface area (Å²) in [5.74, 6) is -0.118. The van der Waals surface area contributed by atoms with Crippen molar-refractivity contribution in [3.63, 3.8) is 0 Å². The number of hydrogen-bond donors (Lipinski definition) is 3. The number of carbonyl (C=O) groups excluding carboxylic acids is 2. The highest BCUT2D eigenvalue weighted by Crippen LogP contribution is 2.17. The van der Waals surface area contributed by atoms with Crippen LogP contribution in [0.5, 0.6) is 0 Å². The Kier molecular flexibility index (Phi) is 48.1. The van der Waals surface area contributed by atoms with Crippen LogP contribution in [0.1, 0.15) is 290 Å². The van der Waals surface area contributed by atoms with Gasteiger partial charge < -0.3 is 20.3 Å². The molecule has 0 heterocycles. The summed E-state index contributed by atoms with van der Waals surface area (Å²) in [5, 5.41) is 23.1. The fourth-order valence-corrected chi connectivity index (χ4v) is 8.22. The third kappa shape index (κ3) is 45.9. The molecule has 0 radical (unpaired) electrons. The fourth-order valence-electron chi connectivity index (χ4n) is 8.22. The van der Waals surface area contributed by atoms with Crippen LogP contribution in [0.4, 0.5) is 0 Å². The Hall–Kier alpha value is -1.40. The number of aliphatic hydroxyl groups is 2. The first kappa shape index (κ1) is 57.6. The van der Waals surface area contributed by atoms with Crippen LogP contribution in [-0.4, -0.2) is 47.4 Å². The molecule has 2 unspecified atom stereocenters. The molecule has 2 atom stereocenters. The highest BCUT2D eigenvalue weighted by atomic mass is 16.5. The molecular weight excluding hydrogens is 731 g/mol. The lowest BCUT2D eigenvalue weighted by atomic mass is 10.0. The number of rotatable bonds is 49. The molecule has 0 fully saturated rings. The van der Waals surface area contributed by atoms with Gasteiger partial charge in [-0.3, -0.25) is 9.59 Å². The molecule has 0 aromatic carbocycles. The van der Waals surface area contributed by atoms with Crippen molar-refractivity contribution in [3.05, 3.63) is 12.2 Å². The average molecular weight is 834 g/mol. The second-order valence-electron chi connectivity index (χ2n) is 18.2. The summed E-state index contributed by atoms with van der Waals surface area (Å²) in [5.41, 5.74) is 0. The van der Waals surface area contributed by atoms with Gasteiger partial charge in [-0.05, 0) is 32.1 Å². The third-order valence-corrected chi connectivity index (χ3v) is 12.3. The number of ether oxygens (including phenoxy) is 1. The molecule has 6 heteroatoms. The number of hydrogen-bond acceptors (Lipinski definition) is 5. The van der Waals surface area contributed by atoms with Gasteiger partial charge in [0, 0.05) is 12.8 Å². The third-order valence-electron chi connectivity index (χ3n) is 12.3. The molecule has 0 saturated heterocycles. The van der Waals surface area contributed by atoms with Gasteiger partial charge in [-0.25, -0.2) is 0 Å². The number of carbonyl (C=O) groups is 2. The van der Waals surface area contributed by atoms with Gasteiger partial charge in [0.1, 0.15) is 0 Å². The van der Waals surface area contributed by atoms with Crippen molar-refractivity contribution in [2.75, 3.05) is 13.2 Å². The lowest BCUT2D eigenvalue weighted by Crippen LogP contribution is -2.45. The molecule has 0 rings (SSSR count). The van der Waals surface area contributed by atoms with Gasteiger partial charge in [0.05, 0.1) is 25.4 Å². The molecule has 0 saturated carbocycles. The number of nitrogens with one attached hydrogen (secondary N) is 1. The zero-order chi connectivity index (χ0) is 43.0. The molecule has 0 aliphatic heterocycles. The predicted molar refractivity (Wildman–Crippen MR) is 255 cm³/mol. The lowest BCUT2D eigenvalue weighted by molar-refractivity contribution is -0.143. The minimum absolute atomic E-state index is 0.0252. The minimum atomic E-state index is -0.861. The Bertz CT molecular complexity index is 878. The van der Waals surface area contributed by atoms with Crippen molar-refractivity contribution >= 4 is 11.9 Å². The smallest absolute Gasteiger partial charge is 0.305 e. The molecule has 0 aromatic rings. The SMILES string of the molecule is CCCCCCCCCCCCCCCCCCCC/C=C/C(O)C(CO)NC(=O)CCCCCCCCCCCOC(=O)CCCCCCCCCCCCCCC. The van der Waals surface area contributed by atoms with E-state index in [0.29, 0.717) is 19.4 Å². The zero-order valence-corrected chi connectivity index (χ0v) is 39.7. The Labute approximate surface area is 368 Å². The molecular formula is C53H103NO5. The first-order valence-electron chi connectivity index (χ1n) is 26.5. The van der Waals surface area contributed by atoms with E-state index in [1.807, 2.05) is 6.08 Å². The van der Waals surface area contributed by atoms with Gasteiger partial charge in [-0.15, -0.1) is 0 Å². The molecule has 3 N–H and O–H groups in total. The van der Waals surface area contributed by atoms with Crippen molar-refractivity contribution in [1.82, 2.24) is 5.32 Å². The Morgan fingerprint density at radius 1 is 0.458 bits per heavy atom. The van der Waals surface area contributed by atoms with Crippen molar-refractivity contribution in [1.29, 1.82) is 0 Å². The van der Waals surface area contributed by atoms with Crippen LogP contribution in [0.25, 0.3) is 0 Å². The van der Waals surface area contributed by atoms with Crippen LogP contribution in [0.3, 0.4) is 0 Å². The molecule has 0 aliphatic carbocycles. The van der Waals surface area contributed by atoms with E-state index in [1.54, 1.807) is 6.08 Å². The average Bonchev–Trinajstić information content (AvgIpc) is 3.24. The zero-order valence-electron chi connectivity index (χ0n) is 39.7. The number of esters is 1. The van der Waals surface area contributed by atoms with E-state index < -0.39 is 12.1 Å². The molecule has 350 valence electrons. The summed E-state index contributed by atoms with van der Waals surface area (Å²) < 4.78 is 5.45. The van der Waals surface area contributed by atoms with Gasteiger partial charge in [-0.1, -0.05) is 257 Å². The summed E-state index contributed by atoms with van der Waals surface area (Å²) in [6.07, 6.45) is 56.4. The van der Waals surface area contributed by atoms with Gasteiger partial charge in [0.25, 0.3) is 0 Å². The minimum Gasteiger partial charge on any atom is -0.466 e. The number of aliphatic hydroxyl groups excluding tert-OH is 2. The molecule has 0 spiro atoms. The second-order valence-corrected chi connectivity index (χ2v) is 18.2. The number of amides is 1. The summed E-state index contributed by atoms with van der Waals surface area (Å²) in [6.45, 7) is 4.85. The van der Waals surface area contributed by atoms with E-state index in [0.717, 1.165) is 57.8 Å². The lowest BCUT2D eigenvalue weighted by Gasteiger charge is -2.20. The van der Waals surface area contributed by atoms with Crippen molar-refractivity contribution in [2.45, 2.75) is 302 Å². The topological polar surface area (TPSA) is 95.9 Å². The Balaban J connectivity index is 3.52. The number of unbranched alkanes of at least 4 members (excludes halogenated alkanes) is 38. The summed E-state index contributed by atoms with van der Waals surface area (Å²) in [7, 11) is 0. The van der Waals surface area contributed by atoms with Gasteiger partial charge in [0.2, 0.25) is 5.91 Å². The van der Waals surface area contributed by atoms with Crippen LogP contribution in [0.15, 0.2) is 12.2 Å². The molecule has 0 aliphatic rings. The van der Waals surface area contributed by atoms with Crippen LogP contribution < -0.4 is 5.32 Å². The predicted octanol–water partition coefficient (Wildman–Crippen LogP) is 15.7. The van der Waals surface area contributed by atoms with Crippen LogP contribution in [0, 0.1) is 0 Å². The largest absolute Gasteiger partial charge is 0.466 e. The van der Waals surface area contributed by atoms with Crippen LogP contribution in [0.2, 0.25) is 0 Å². The summed E-state index contributed by atoms with van der Waals surface area (Å²) in [6, 6.07) is -0.647. The van der Waals surface area contributed by atoms with E-state index in [1.165, 1.54) is 205 Å². The van der Waals surface area contributed by atoms with E-state index in [4.69, 9.17) is 4.74 Å². The fraction of sp³-hybridized carbons (Fsp3) is 0.925.